The van der Waals surface area contributed by atoms with Crippen molar-refractivity contribution in [2.75, 3.05) is 25.0 Å². The number of nitrogens with zero attached hydrogens (tertiary/aromatic N) is 3. The van der Waals surface area contributed by atoms with Crippen LogP contribution in [0.2, 0.25) is 0 Å². The fraction of sp³-hybridized carbons (Fsp3) is 0.630. The van der Waals surface area contributed by atoms with Crippen LogP contribution in [0.3, 0.4) is 0 Å². The minimum Gasteiger partial charge on any atom is -0.478 e. The summed E-state index contributed by atoms with van der Waals surface area (Å²) in [5.74, 6) is -2.70. The number of ether oxygens (including phenoxy) is 3. The molecule has 1 aromatic heterocycles. The number of carbonyl (C=O) groups is 6. The number of aliphatic carboxylic acids is 1. The molecule has 0 spiro atoms. The fourth-order valence-electron chi connectivity index (χ4n) is 4.17. The van der Waals surface area contributed by atoms with Gasteiger partial charge < -0.3 is 45.0 Å². The smallest absolute Gasteiger partial charge is 0.413 e. The molecule has 19 heteroatoms. The molecule has 1 aromatic rings. The third-order valence-electron chi connectivity index (χ3n) is 6.51. The number of hydrogen-bond donors (Lipinski definition) is 5. The average molecular weight is 668 g/mol. The van der Waals surface area contributed by atoms with Gasteiger partial charge in [0.15, 0.2) is 10.8 Å². The molecule has 2 saturated heterocycles. The molecule has 3 atom stereocenters. The zero-order valence-corrected chi connectivity index (χ0v) is 26.9. The molecule has 0 bridgehead atoms. The molecule has 252 valence electrons. The Hall–Kier alpha value is -4.68. The summed E-state index contributed by atoms with van der Waals surface area (Å²) in [6.45, 7) is 10.3. The number of carboxylic acid groups (broad SMARTS) is 1. The van der Waals surface area contributed by atoms with E-state index in [0.717, 1.165) is 11.3 Å². The van der Waals surface area contributed by atoms with Gasteiger partial charge in [-0.3, -0.25) is 14.9 Å². The lowest BCUT2D eigenvalue weighted by atomic mass is 9.98. The predicted octanol–water partition coefficient (Wildman–Crippen LogP) is 1.16. The Bertz CT molecular complexity index is 1430. The Morgan fingerprint density at radius 2 is 1.78 bits per heavy atom. The number of nitrogens with one attached hydrogen (secondary N) is 4. The summed E-state index contributed by atoms with van der Waals surface area (Å²) < 4.78 is 15.7. The van der Waals surface area contributed by atoms with E-state index in [1.165, 1.54) is 10.3 Å². The van der Waals surface area contributed by atoms with Crippen molar-refractivity contribution in [2.24, 2.45) is 5.16 Å². The Balaban J connectivity index is 1.40. The number of alkyl carbamates (subject to hydrolysis) is 1. The highest BCUT2D eigenvalue weighted by Gasteiger charge is 2.55. The van der Waals surface area contributed by atoms with Gasteiger partial charge in [0.2, 0.25) is 11.5 Å². The lowest BCUT2D eigenvalue weighted by Crippen LogP contribution is -2.72. The number of amides is 5. The largest absolute Gasteiger partial charge is 0.478 e. The maximum atomic E-state index is 13.4. The van der Waals surface area contributed by atoms with E-state index in [4.69, 9.17) is 19.0 Å². The molecular weight excluding hydrogens is 630 g/mol. The van der Waals surface area contributed by atoms with Gasteiger partial charge in [0.1, 0.15) is 29.0 Å². The van der Waals surface area contributed by atoms with Crippen molar-refractivity contribution < 1.29 is 52.9 Å². The average Bonchev–Trinajstić information content (AvgIpc) is 3.45. The summed E-state index contributed by atoms with van der Waals surface area (Å²) in [5.41, 5.74) is -3.55. The molecule has 4 rings (SSSR count). The predicted molar refractivity (Wildman–Crippen MR) is 159 cm³/mol. The van der Waals surface area contributed by atoms with Crippen LogP contribution >= 0.6 is 11.3 Å². The second-order valence-electron chi connectivity index (χ2n) is 12.9. The standard InChI is InChI=1S/C27H37N7O11S/c1-25(2,3)43-22(39)28-9-13-10-34(24(41)42-13)11-14-16(18(35)29-14)31-19(36)17(33-45-27(7-8-27)20(37)38)15-12-46-21(30-15)32-23(40)44-26(4,5)6/h12-14,16H,7-11H2,1-6H3,(H,28,39)(H,29,35)(H,31,36)(H,37,38)(H,30,32,40)/t13-,14-,16-/m0/s1. The molecule has 5 amide bonds. The fourth-order valence-corrected chi connectivity index (χ4v) is 4.85. The quantitative estimate of drug-likeness (QED) is 0.0967. The number of hydrogen-bond acceptors (Lipinski definition) is 13. The van der Waals surface area contributed by atoms with Crippen LogP contribution < -0.4 is 21.3 Å². The van der Waals surface area contributed by atoms with Gasteiger partial charge in [0, 0.05) is 24.8 Å². The van der Waals surface area contributed by atoms with E-state index >= 15 is 0 Å². The molecule has 1 aliphatic carbocycles. The van der Waals surface area contributed by atoms with E-state index in [9.17, 15) is 33.9 Å². The number of cyclic esters (lactones) is 1. The normalized spacial score (nSPS) is 22.1. The first-order valence-electron chi connectivity index (χ1n) is 14.3. The Kier molecular flexibility index (Phi) is 9.64. The summed E-state index contributed by atoms with van der Waals surface area (Å²) in [6.07, 6.45) is -2.44. The van der Waals surface area contributed by atoms with Crippen LogP contribution in [0.1, 0.15) is 60.1 Å². The number of β-lactam (4-membered cyclic amide) rings is 1. The summed E-state index contributed by atoms with van der Waals surface area (Å²) in [4.78, 5) is 84.8. The summed E-state index contributed by atoms with van der Waals surface area (Å²) in [7, 11) is 0. The van der Waals surface area contributed by atoms with Crippen molar-refractivity contribution in [2.45, 2.75) is 89.4 Å². The van der Waals surface area contributed by atoms with E-state index in [0.29, 0.717) is 0 Å². The van der Waals surface area contributed by atoms with Crippen LogP contribution in [0.15, 0.2) is 10.5 Å². The molecule has 0 radical (unpaired) electrons. The van der Waals surface area contributed by atoms with Crippen molar-refractivity contribution in [1.29, 1.82) is 0 Å². The second kappa shape index (κ2) is 13.0. The van der Waals surface area contributed by atoms with Crippen molar-refractivity contribution in [1.82, 2.24) is 25.8 Å². The number of carboxylic acids is 1. The molecule has 1 saturated carbocycles. The second-order valence-corrected chi connectivity index (χ2v) is 13.7. The maximum absolute atomic E-state index is 13.4. The van der Waals surface area contributed by atoms with E-state index in [1.807, 2.05) is 0 Å². The first kappa shape index (κ1) is 34.2. The van der Waals surface area contributed by atoms with E-state index < -0.39 is 76.8 Å². The first-order chi connectivity index (χ1) is 21.3. The van der Waals surface area contributed by atoms with E-state index in [-0.39, 0.29) is 43.3 Å². The molecule has 46 heavy (non-hydrogen) atoms. The van der Waals surface area contributed by atoms with Crippen molar-refractivity contribution in [3.8, 4) is 0 Å². The molecule has 3 fully saturated rings. The molecule has 0 aromatic carbocycles. The Morgan fingerprint density at radius 1 is 1.13 bits per heavy atom. The monoisotopic (exact) mass is 667 g/mol. The van der Waals surface area contributed by atoms with E-state index in [1.54, 1.807) is 41.5 Å². The van der Waals surface area contributed by atoms with Gasteiger partial charge in [0.05, 0.1) is 19.1 Å². The van der Waals surface area contributed by atoms with E-state index in [2.05, 4.69) is 31.4 Å². The SMILES string of the molecule is CC(C)(C)OC(=O)NC[C@H]1CN(C[C@@H]2NC(=O)[C@H]2NC(=O)C(=NOC2(C(=O)O)CC2)c2csc(NC(=O)OC(C)(C)C)n2)C(=O)O1. The zero-order valence-electron chi connectivity index (χ0n) is 26.1. The summed E-state index contributed by atoms with van der Waals surface area (Å²) in [6, 6.07) is -1.81. The number of carbonyl (C=O) groups excluding carboxylic acids is 5. The lowest BCUT2D eigenvalue weighted by molar-refractivity contribution is -0.153. The third kappa shape index (κ3) is 8.95. The minimum absolute atomic E-state index is 0.00438. The Morgan fingerprint density at radius 3 is 2.37 bits per heavy atom. The number of aromatic nitrogens is 1. The molecule has 3 heterocycles. The van der Waals surface area contributed by atoms with Crippen molar-refractivity contribution >= 4 is 58.2 Å². The van der Waals surface area contributed by atoms with Crippen LogP contribution in [0.4, 0.5) is 19.5 Å². The molecule has 5 N–H and O–H groups in total. The molecule has 18 nitrogen and oxygen atoms in total. The molecular formula is C27H37N7O11S. The summed E-state index contributed by atoms with van der Waals surface area (Å²) in [5, 5.41) is 24.9. The first-order valence-corrected chi connectivity index (χ1v) is 15.2. The van der Waals surface area contributed by atoms with Gasteiger partial charge in [-0.1, -0.05) is 5.16 Å². The lowest BCUT2D eigenvalue weighted by Gasteiger charge is -2.38. The van der Waals surface area contributed by atoms with Gasteiger partial charge in [-0.2, -0.15) is 0 Å². The molecule has 0 unspecified atom stereocenters. The van der Waals surface area contributed by atoms with Crippen molar-refractivity contribution in [3.05, 3.63) is 11.1 Å². The van der Waals surface area contributed by atoms with Gasteiger partial charge in [-0.25, -0.2) is 24.2 Å². The van der Waals surface area contributed by atoms with Gasteiger partial charge in [-0.15, -0.1) is 11.3 Å². The number of oxime groups is 1. The molecule has 3 aliphatic rings. The van der Waals surface area contributed by atoms with Crippen LogP contribution in [0.25, 0.3) is 0 Å². The number of rotatable bonds is 11. The highest BCUT2D eigenvalue weighted by Crippen LogP contribution is 2.40. The number of thiazole rings is 1. The summed E-state index contributed by atoms with van der Waals surface area (Å²) >= 11 is 0.947. The maximum Gasteiger partial charge on any atom is 0.413 e. The van der Waals surface area contributed by atoms with Crippen LogP contribution in [-0.2, 0) is 33.4 Å². The minimum atomic E-state index is -1.58. The zero-order chi connectivity index (χ0) is 34.0. The van der Waals surface area contributed by atoms with Gasteiger partial charge in [0.25, 0.3) is 5.91 Å². The highest BCUT2D eigenvalue weighted by atomic mass is 32.1. The van der Waals surface area contributed by atoms with Crippen LogP contribution in [-0.4, -0.2) is 111 Å². The molecule has 2 aliphatic heterocycles. The Labute approximate surface area is 267 Å². The van der Waals surface area contributed by atoms with Crippen molar-refractivity contribution in [3.63, 3.8) is 0 Å². The topological polar surface area (TPSA) is 236 Å². The van der Waals surface area contributed by atoms with Gasteiger partial charge in [-0.05, 0) is 41.5 Å². The van der Waals surface area contributed by atoms with Crippen LogP contribution in [0.5, 0.6) is 0 Å². The van der Waals surface area contributed by atoms with Crippen LogP contribution in [0, 0.1) is 0 Å². The third-order valence-corrected chi connectivity index (χ3v) is 7.27. The highest BCUT2D eigenvalue weighted by molar-refractivity contribution is 7.14. The number of anilines is 1. The van der Waals surface area contributed by atoms with Gasteiger partial charge >= 0.3 is 24.2 Å².